The van der Waals surface area contributed by atoms with Crippen LogP contribution in [0.3, 0.4) is 0 Å². The molecule has 1 rings (SSSR count). The summed E-state index contributed by atoms with van der Waals surface area (Å²) in [6.07, 6.45) is 2.04. The van der Waals surface area contributed by atoms with Crippen molar-refractivity contribution in [3.05, 3.63) is 18.2 Å². The normalized spacial score (nSPS) is 10.3. The molecule has 1 aromatic rings. The molecule has 0 atom stereocenters. The van der Waals surface area contributed by atoms with E-state index in [1.807, 2.05) is 25.1 Å². The molecule has 18 heavy (non-hydrogen) atoms. The minimum atomic E-state index is 0.624. The van der Waals surface area contributed by atoms with E-state index in [0.29, 0.717) is 12.3 Å². The average Bonchev–Trinajstić information content (AvgIpc) is 2.38. The highest BCUT2D eigenvalue weighted by atomic mass is 16.5. The molecule has 102 valence electrons. The lowest BCUT2D eigenvalue weighted by Crippen LogP contribution is -2.08. The number of hydrogen-bond acceptors (Lipinski definition) is 4. The van der Waals surface area contributed by atoms with Gasteiger partial charge in [-0.3, -0.25) is 0 Å². The molecule has 0 unspecified atom stereocenters. The molecule has 0 aliphatic heterocycles. The molecular weight excluding hydrogens is 228 g/mol. The summed E-state index contributed by atoms with van der Waals surface area (Å²) in [5, 5.41) is 3.30. The molecule has 0 amide bonds. The zero-order valence-corrected chi connectivity index (χ0v) is 11.4. The third kappa shape index (κ3) is 4.84. The van der Waals surface area contributed by atoms with Gasteiger partial charge in [0.25, 0.3) is 0 Å². The molecule has 0 saturated carbocycles. The van der Waals surface area contributed by atoms with E-state index in [0.717, 1.165) is 44.0 Å². The molecule has 0 spiro atoms. The van der Waals surface area contributed by atoms with Gasteiger partial charge >= 0.3 is 0 Å². The van der Waals surface area contributed by atoms with Crippen LogP contribution in [0.2, 0.25) is 0 Å². The van der Waals surface area contributed by atoms with Crippen LogP contribution < -0.4 is 15.8 Å². The minimum absolute atomic E-state index is 0.624. The number of anilines is 2. The SMILES string of the molecule is CCCOCCCNc1cccc(OCC)c1N. The Morgan fingerprint density at radius 3 is 2.78 bits per heavy atom. The van der Waals surface area contributed by atoms with Crippen LogP contribution in [0.5, 0.6) is 5.75 Å². The van der Waals surface area contributed by atoms with Crippen molar-refractivity contribution < 1.29 is 9.47 Å². The molecule has 1 aromatic carbocycles. The van der Waals surface area contributed by atoms with Gasteiger partial charge in [0.15, 0.2) is 0 Å². The van der Waals surface area contributed by atoms with Gasteiger partial charge in [0, 0.05) is 19.8 Å². The van der Waals surface area contributed by atoms with Crippen LogP contribution in [0.15, 0.2) is 18.2 Å². The number of benzene rings is 1. The lowest BCUT2D eigenvalue weighted by Gasteiger charge is -2.13. The topological polar surface area (TPSA) is 56.5 Å². The molecule has 0 saturated heterocycles. The summed E-state index contributed by atoms with van der Waals surface area (Å²) in [5.41, 5.74) is 7.62. The number of nitrogens with one attached hydrogen (secondary N) is 1. The van der Waals surface area contributed by atoms with Crippen molar-refractivity contribution in [3.63, 3.8) is 0 Å². The Kier molecular flexibility index (Phi) is 7.03. The molecule has 0 bridgehead atoms. The molecule has 4 nitrogen and oxygen atoms in total. The molecule has 4 heteroatoms. The zero-order chi connectivity index (χ0) is 13.2. The first kappa shape index (κ1) is 14.6. The molecule has 3 N–H and O–H groups in total. The Bertz CT molecular complexity index is 343. The largest absolute Gasteiger partial charge is 0.492 e. The summed E-state index contributed by atoms with van der Waals surface area (Å²) in [4.78, 5) is 0. The maximum absolute atomic E-state index is 6.01. The molecule has 0 aliphatic rings. The van der Waals surface area contributed by atoms with Crippen LogP contribution in [0.25, 0.3) is 0 Å². The van der Waals surface area contributed by atoms with Gasteiger partial charge < -0.3 is 20.5 Å². The van der Waals surface area contributed by atoms with Crippen molar-refractivity contribution in [2.24, 2.45) is 0 Å². The second-order valence-electron chi connectivity index (χ2n) is 4.04. The van der Waals surface area contributed by atoms with Crippen molar-refractivity contribution in [1.29, 1.82) is 0 Å². The highest BCUT2D eigenvalue weighted by Crippen LogP contribution is 2.29. The lowest BCUT2D eigenvalue weighted by atomic mass is 10.2. The first-order valence-electron chi connectivity index (χ1n) is 6.62. The third-order valence-corrected chi connectivity index (χ3v) is 2.50. The summed E-state index contributed by atoms with van der Waals surface area (Å²) in [5.74, 6) is 0.740. The zero-order valence-electron chi connectivity index (χ0n) is 11.4. The average molecular weight is 252 g/mol. The summed E-state index contributed by atoms with van der Waals surface area (Å²) >= 11 is 0. The Hall–Kier alpha value is -1.42. The van der Waals surface area contributed by atoms with Crippen molar-refractivity contribution >= 4 is 11.4 Å². The third-order valence-electron chi connectivity index (χ3n) is 2.50. The fraction of sp³-hybridized carbons (Fsp3) is 0.571. The van der Waals surface area contributed by atoms with E-state index in [1.54, 1.807) is 0 Å². The van der Waals surface area contributed by atoms with Gasteiger partial charge in [-0.1, -0.05) is 13.0 Å². The summed E-state index contributed by atoms with van der Waals surface area (Å²) in [7, 11) is 0. The molecule has 0 heterocycles. The number of hydrogen-bond donors (Lipinski definition) is 2. The van der Waals surface area contributed by atoms with Crippen LogP contribution in [0.4, 0.5) is 11.4 Å². The van der Waals surface area contributed by atoms with Crippen LogP contribution >= 0.6 is 0 Å². The molecule has 0 radical (unpaired) electrons. The highest BCUT2D eigenvalue weighted by molar-refractivity contribution is 5.72. The van der Waals surface area contributed by atoms with Gasteiger partial charge in [-0.15, -0.1) is 0 Å². The van der Waals surface area contributed by atoms with Gasteiger partial charge in [-0.25, -0.2) is 0 Å². The number of ether oxygens (including phenoxy) is 2. The predicted octanol–water partition coefficient (Wildman–Crippen LogP) is 2.90. The van der Waals surface area contributed by atoms with Gasteiger partial charge in [0.05, 0.1) is 18.0 Å². The van der Waals surface area contributed by atoms with Gasteiger partial charge in [-0.05, 0) is 31.9 Å². The second-order valence-corrected chi connectivity index (χ2v) is 4.04. The Labute approximate surface area is 109 Å². The van der Waals surface area contributed by atoms with Crippen molar-refractivity contribution in [1.82, 2.24) is 0 Å². The van der Waals surface area contributed by atoms with Crippen molar-refractivity contribution in [2.75, 3.05) is 37.4 Å². The summed E-state index contributed by atoms with van der Waals surface area (Å²) in [6.45, 7) is 7.15. The van der Waals surface area contributed by atoms with Crippen molar-refractivity contribution in [2.45, 2.75) is 26.7 Å². The van der Waals surface area contributed by atoms with Crippen LogP contribution in [0.1, 0.15) is 26.7 Å². The quantitative estimate of drug-likeness (QED) is 0.524. The minimum Gasteiger partial charge on any atom is -0.492 e. The Morgan fingerprint density at radius 2 is 2.06 bits per heavy atom. The first-order valence-corrected chi connectivity index (χ1v) is 6.62. The fourth-order valence-corrected chi connectivity index (χ4v) is 1.62. The number of nitrogens with two attached hydrogens (primary N) is 1. The fourth-order valence-electron chi connectivity index (χ4n) is 1.62. The van der Waals surface area contributed by atoms with Crippen LogP contribution in [-0.4, -0.2) is 26.4 Å². The first-order chi connectivity index (χ1) is 8.79. The number of rotatable bonds is 9. The Balaban J connectivity index is 2.35. The molecule has 0 aromatic heterocycles. The molecular formula is C14H24N2O2. The van der Waals surface area contributed by atoms with Crippen LogP contribution in [0, 0.1) is 0 Å². The number of nitrogen functional groups attached to an aromatic ring is 1. The Morgan fingerprint density at radius 1 is 1.22 bits per heavy atom. The summed E-state index contributed by atoms with van der Waals surface area (Å²) in [6, 6.07) is 5.79. The van der Waals surface area contributed by atoms with Gasteiger partial charge in [0.1, 0.15) is 5.75 Å². The standard InChI is InChI=1S/C14H24N2O2/c1-3-10-17-11-6-9-16-12-7-5-8-13(14(12)15)18-4-2/h5,7-8,16H,3-4,6,9-11,15H2,1-2H3. The van der Waals surface area contributed by atoms with Gasteiger partial charge in [-0.2, -0.15) is 0 Å². The monoisotopic (exact) mass is 252 g/mol. The molecule has 0 fully saturated rings. The number of para-hydroxylation sites is 1. The van der Waals surface area contributed by atoms with E-state index < -0.39 is 0 Å². The second kappa shape index (κ2) is 8.64. The van der Waals surface area contributed by atoms with E-state index in [9.17, 15) is 0 Å². The maximum atomic E-state index is 6.01. The van der Waals surface area contributed by atoms with E-state index in [2.05, 4.69) is 12.2 Å². The summed E-state index contributed by atoms with van der Waals surface area (Å²) < 4.78 is 10.9. The van der Waals surface area contributed by atoms with E-state index in [-0.39, 0.29) is 0 Å². The van der Waals surface area contributed by atoms with Crippen LogP contribution in [-0.2, 0) is 4.74 Å². The highest BCUT2D eigenvalue weighted by Gasteiger charge is 2.04. The maximum Gasteiger partial charge on any atom is 0.144 e. The van der Waals surface area contributed by atoms with Gasteiger partial charge in [0.2, 0.25) is 0 Å². The smallest absolute Gasteiger partial charge is 0.144 e. The van der Waals surface area contributed by atoms with Crippen molar-refractivity contribution in [3.8, 4) is 5.75 Å². The lowest BCUT2D eigenvalue weighted by molar-refractivity contribution is 0.134. The van der Waals surface area contributed by atoms with E-state index in [4.69, 9.17) is 15.2 Å². The predicted molar refractivity (Wildman–Crippen MR) is 76.2 cm³/mol. The molecule has 0 aliphatic carbocycles. The van der Waals surface area contributed by atoms with E-state index >= 15 is 0 Å². The van der Waals surface area contributed by atoms with E-state index in [1.165, 1.54) is 0 Å².